The minimum Gasteiger partial charge on any atom is -0.490 e. The van der Waals surface area contributed by atoms with E-state index in [1.165, 1.54) is 6.07 Å². The summed E-state index contributed by atoms with van der Waals surface area (Å²) in [6.07, 6.45) is 1.68. The quantitative estimate of drug-likeness (QED) is 0.375. The highest BCUT2D eigenvalue weighted by Crippen LogP contribution is 2.33. The summed E-state index contributed by atoms with van der Waals surface area (Å²) in [7, 11) is 0. The van der Waals surface area contributed by atoms with Crippen molar-refractivity contribution in [1.82, 2.24) is 5.32 Å². The van der Waals surface area contributed by atoms with E-state index in [1.807, 2.05) is 13.0 Å². The third-order valence-corrected chi connectivity index (χ3v) is 5.47. The second-order valence-corrected chi connectivity index (χ2v) is 7.76. The zero-order valence-corrected chi connectivity index (χ0v) is 18.5. The molecule has 1 heterocycles. The number of nitrogens with zero attached hydrogens (tertiary/aromatic N) is 3. The van der Waals surface area contributed by atoms with Crippen molar-refractivity contribution in [3.8, 4) is 17.6 Å². The number of nitro benzene ring substituents is 1. The first-order valence-corrected chi connectivity index (χ1v) is 10.5. The van der Waals surface area contributed by atoms with Gasteiger partial charge in [0.2, 0.25) is 0 Å². The number of amides is 1. The van der Waals surface area contributed by atoms with E-state index in [4.69, 9.17) is 14.7 Å². The van der Waals surface area contributed by atoms with Crippen LogP contribution in [0.3, 0.4) is 0 Å². The van der Waals surface area contributed by atoms with Gasteiger partial charge in [-0.05, 0) is 67.9 Å². The first-order valence-electron chi connectivity index (χ1n) is 9.64. The van der Waals surface area contributed by atoms with Gasteiger partial charge in [-0.15, -0.1) is 0 Å². The van der Waals surface area contributed by atoms with Gasteiger partial charge in [-0.1, -0.05) is 6.07 Å². The number of nitro groups is 1. The van der Waals surface area contributed by atoms with E-state index in [-0.39, 0.29) is 18.2 Å². The summed E-state index contributed by atoms with van der Waals surface area (Å²) >= 11 is 1.14. The minimum absolute atomic E-state index is 0.0170. The molecule has 0 aliphatic carbocycles. The fourth-order valence-electron chi connectivity index (χ4n) is 2.94. The Hall–Kier alpha value is -3.84. The van der Waals surface area contributed by atoms with Crippen molar-refractivity contribution in [2.75, 3.05) is 13.2 Å². The molecule has 1 aliphatic heterocycles. The smallest absolute Gasteiger partial charge is 0.274 e. The molecule has 1 amide bonds. The molecule has 2 aromatic rings. The highest BCUT2D eigenvalue weighted by Gasteiger charge is 2.24. The number of benzene rings is 2. The molecule has 3 rings (SSSR count). The van der Waals surface area contributed by atoms with Crippen LogP contribution in [0.15, 0.2) is 40.2 Å². The third-order valence-electron chi connectivity index (χ3n) is 4.56. The van der Waals surface area contributed by atoms with Crippen LogP contribution in [0.2, 0.25) is 0 Å². The van der Waals surface area contributed by atoms with Crippen LogP contribution in [0.5, 0.6) is 11.5 Å². The van der Waals surface area contributed by atoms with Gasteiger partial charge in [0.1, 0.15) is 6.07 Å². The molecule has 32 heavy (non-hydrogen) atoms. The van der Waals surface area contributed by atoms with E-state index in [9.17, 15) is 14.9 Å². The van der Waals surface area contributed by atoms with Crippen molar-refractivity contribution in [2.24, 2.45) is 4.99 Å². The lowest BCUT2D eigenvalue weighted by molar-refractivity contribution is -0.385. The number of aliphatic imine (C=N–C) groups is 1. The highest BCUT2D eigenvalue weighted by molar-refractivity contribution is 8.18. The summed E-state index contributed by atoms with van der Waals surface area (Å²) in [6.45, 7) is 5.60. The fraction of sp³-hybridized carbons (Fsp3) is 0.227. The number of hydrogen-bond donors (Lipinski definition) is 1. The molecule has 1 fully saturated rings. The van der Waals surface area contributed by atoms with Crippen LogP contribution in [0.1, 0.15) is 23.6 Å². The predicted octanol–water partition coefficient (Wildman–Crippen LogP) is 4.40. The van der Waals surface area contributed by atoms with Gasteiger partial charge in [0.25, 0.3) is 11.6 Å². The molecule has 0 saturated carbocycles. The molecule has 0 atom stereocenters. The number of amidine groups is 1. The molecule has 164 valence electrons. The SMILES string of the molecule is CCOc1cc(/C=C2\SC(=Nc3cc(C)c(C)c([N+](=O)[O-])c3)NC2=O)ccc1OCC#N. The summed E-state index contributed by atoms with van der Waals surface area (Å²) in [5.74, 6) is 0.587. The topological polar surface area (TPSA) is 127 Å². The van der Waals surface area contributed by atoms with E-state index in [0.717, 1.165) is 17.3 Å². The second kappa shape index (κ2) is 9.98. The molecule has 9 nitrogen and oxygen atoms in total. The predicted molar refractivity (Wildman–Crippen MR) is 122 cm³/mol. The summed E-state index contributed by atoms with van der Waals surface area (Å²) in [4.78, 5) is 28.0. The standard InChI is InChI=1S/C22H20N4O5S/c1-4-30-19-10-15(5-6-18(19)31-8-7-23)11-20-21(27)25-22(32-20)24-16-9-13(2)14(3)17(12-16)26(28)29/h5-6,9-12H,4,8H2,1-3H3,(H,24,25,27)/b20-11-. The van der Waals surface area contributed by atoms with Gasteiger partial charge >= 0.3 is 0 Å². The van der Waals surface area contributed by atoms with Crippen LogP contribution in [0.4, 0.5) is 11.4 Å². The summed E-state index contributed by atoms with van der Waals surface area (Å²) in [6, 6.07) is 10.2. The first kappa shape index (κ1) is 22.8. The van der Waals surface area contributed by atoms with Gasteiger partial charge < -0.3 is 14.8 Å². The molecule has 10 heteroatoms. The number of thioether (sulfide) groups is 1. The second-order valence-electron chi connectivity index (χ2n) is 6.73. The first-order chi connectivity index (χ1) is 15.3. The highest BCUT2D eigenvalue weighted by atomic mass is 32.2. The van der Waals surface area contributed by atoms with E-state index >= 15 is 0 Å². The lowest BCUT2D eigenvalue weighted by Crippen LogP contribution is -2.19. The number of hydrogen-bond acceptors (Lipinski definition) is 8. The van der Waals surface area contributed by atoms with Crippen LogP contribution in [0, 0.1) is 35.3 Å². The van der Waals surface area contributed by atoms with E-state index in [2.05, 4.69) is 10.3 Å². The lowest BCUT2D eigenvalue weighted by Gasteiger charge is -2.10. The van der Waals surface area contributed by atoms with Crippen molar-refractivity contribution in [1.29, 1.82) is 5.26 Å². The normalized spacial score (nSPS) is 15.5. The van der Waals surface area contributed by atoms with Crippen molar-refractivity contribution in [2.45, 2.75) is 20.8 Å². The van der Waals surface area contributed by atoms with Gasteiger partial charge in [0.05, 0.1) is 22.1 Å². The van der Waals surface area contributed by atoms with E-state index in [0.29, 0.717) is 45.0 Å². The summed E-state index contributed by atoms with van der Waals surface area (Å²) in [5, 5.41) is 23.0. The third kappa shape index (κ3) is 5.25. The molecule has 0 radical (unpaired) electrons. The molecule has 0 bridgehead atoms. The number of nitriles is 1. The van der Waals surface area contributed by atoms with Crippen LogP contribution < -0.4 is 14.8 Å². The van der Waals surface area contributed by atoms with Crippen molar-refractivity contribution < 1.29 is 19.2 Å². The summed E-state index contributed by atoms with van der Waals surface area (Å²) < 4.78 is 10.9. The zero-order chi connectivity index (χ0) is 23.3. The Morgan fingerprint density at radius 1 is 1.25 bits per heavy atom. The average molecular weight is 452 g/mol. The van der Waals surface area contributed by atoms with Crippen molar-refractivity contribution in [3.05, 3.63) is 62.0 Å². The van der Waals surface area contributed by atoms with Crippen LogP contribution in [-0.4, -0.2) is 29.2 Å². The molecule has 1 saturated heterocycles. The van der Waals surface area contributed by atoms with Crippen LogP contribution in [0.25, 0.3) is 6.08 Å². The van der Waals surface area contributed by atoms with E-state index < -0.39 is 4.92 Å². The molecular weight excluding hydrogens is 432 g/mol. The average Bonchev–Trinajstić information content (AvgIpc) is 3.08. The molecule has 0 unspecified atom stereocenters. The Kier molecular flexibility index (Phi) is 7.12. The minimum atomic E-state index is -0.447. The molecule has 2 aromatic carbocycles. The number of ether oxygens (including phenoxy) is 2. The van der Waals surface area contributed by atoms with Gasteiger partial charge in [-0.25, -0.2) is 4.99 Å². The Balaban J connectivity index is 1.86. The maximum Gasteiger partial charge on any atom is 0.274 e. The Morgan fingerprint density at radius 2 is 2.03 bits per heavy atom. The Labute approximate surface area is 188 Å². The fourth-order valence-corrected chi connectivity index (χ4v) is 3.78. The maximum atomic E-state index is 12.4. The monoisotopic (exact) mass is 452 g/mol. The Morgan fingerprint density at radius 3 is 2.72 bits per heavy atom. The zero-order valence-electron chi connectivity index (χ0n) is 17.7. The van der Waals surface area contributed by atoms with Crippen LogP contribution >= 0.6 is 11.8 Å². The largest absolute Gasteiger partial charge is 0.490 e. The van der Waals surface area contributed by atoms with Gasteiger partial charge in [0.15, 0.2) is 23.3 Å². The van der Waals surface area contributed by atoms with Crippen LogP contribution in [-0.2, 0) is 4.79 Å². The van der Waals surface area contributed by atoms with Gasteiger partial charge in [-0.3, -0.25) is 14.9 Å². The number of nitrogens with one attached hydrogen (secondary N) is 1. The summed E-state index contributed by atoms with van der Waals surface area (Å²) in [5.41, 5.74) is 2.40. The van der Waals surface area contributed by atoms with E-state index in [1.54, 1.807) is 44.2 Å². The van der Waals surface area contributed by atoms with Gasteiger partial charge in [-0.2, -0.15) is 5.26 Å². The Bertz CT molecular complexity index is 1180. The molecule has 0 aromatic heterocycles. The number of carbonyl (C=O) groups excluding carboxylic acids is 1. The van der Waals surface area contributed by atoms with Gasteiger partial charge in [0, 0.05) is 11.6 Å². The molecule has 0 spiro atoms. The van der Waals surface area contributed by atoms with Crippen molar-refractivity contribution >= 4 is 40.3 Å². The number of aryl methyl sites for hydroxylation is 1. The maximum absolute atomic E-state index is 12.4. The molecule has 1 aliphatic rings. The lowest BCUT2D eigenvalue weighted by atomic mass is 10.1. The molecular formula is C22H20N4O5S. The number of rotatable bonds is 7. The molecule has 1 N–H and O–H groups in total. The van der Waals surface area contributed by atoms with Crippen molar-refractivity contribution in [3.63, 3.8) is 0 Å². The number of carbonyl (C=O) groups is 1.